The molecule has 2 aromatic heterocycles. The maximum atomic E-state index is 11.4. The van der Waals surface area contributed by atoms with Gasteiger partial charge in [0.1, 0.15) is 11.3 Å². The van der Waals surface area contributed by atoms with Crippen molar-refractivity contribution in [2.75, 3.05) is 17.9 Å². The van der Waals surface area contributed by atoms with Gasteiger partial charge in [-0.3, -0.25) is 4.21 Å². The number of aryl methyl sites for hydroxylation is 2. The van der Waals surface area contributed by atoms with Gasteiger partial charge in [0.05, 0.1) is 0 Å². The second-order valence-corrected chi connectivity index (χ2v) is 6.64. The molecule has 0 N–H and O–H groups in total. The third kappa shape index (κ3) is 3.15. The number of hydrogen-bond donors (Lipinski definition) is 0. The van der Waals surface area contributed by atoms with Crippen molar-refractivity contribution in [1.82, 2.24) is 14.5 Å². The molecule has 2 atom stereocenters. The van der Waals surface area contributed by atoms with E-state index in [1.165, 1.54) is 0 Å². The minimum Gasteiger partial charge on any atom is -0.309 e. The van der Waals surface area contributed by atoms with Crippen molar-refractivity contribution in [3.63, 3.8) is 0 Å². The molecule has 0 spiro atoms. The molecule has 6 heteroatoms. The van der Waals surface area contributed by atoms with E-state index in [2.05, 4.69) is 14.5 Å². The summed E-state index contributed by atoms with van der Waals surface area (Å²) >= 11 is 5.84. The fraction of sp³-hybridized carbons (Fsp3) is 0.538. The molecule has 0 fully saturated rings. The van der Waals surface area contributed by atoms with E-state index in [-0.39, 0.29) is 6.04 Å². The van der Waals surface area contributed by atoms with E-state index in [1.54, 1.807) is 6.26 Å². The third-order valence-corrected chi connectivity index (χ3v) is 4.12. The van der Waals surface area contributed by atoms with Gasteiger partial charge in [0.25, 0.3) is 0 Å². The maximum Gasteiger partial charge on any atom is 0.160 e. The normalized spacial score (nSPS) is 14.7. The monoisotopic (exact) mass is 299 g/mol. The van der Waals surface area contributed by atoms with Crippen LogP contribution in [0.5, 0.6) is 0 Å². The second kappa shape index (κ2) is 6.01. The molecule has 2 unspecified atom stereocenters. The summed E-state index contributed by atoms with van der Waals surface area (Å²) < 4.78 is 13.5. The van der Waals surface area contributed by atoms with E-state index < -0.39 is 10.8 Å². The first-order chi connectivity index (χ1) is 9.02. The summed E-state index contributed by atoms with van der Waals surface area (Å²) in [6, 6.07) is 2.12. The van der Waals surface area contributed by atoms with E-state index >= 15 is 0 Å². The molecule has 0 radical (unpaired) electrons. The van der Waals surface area contributed by atoms with Gasteiger partial charge < -0.3 is 4.57 Å². The number of rotatable bonds is 5. The molecule has 0 aliphatic carbocycles. The van der Waals surface area contributed by atoms with E-state index in [4.69, 9.17) is 11.6 Å². The molecule has 19 heavy (non-hydrogen) atoms. The number of halogens is 1. The Kier molecular flexibility index (Phi) is 4.58. The third-order valence-electron chi connectivity index (χ3n) is 2.97. The van der Waals surface area contributed by atoms with Crippen molar-refractivity contribution in [2.45, 2.75) is 26.3 Å². The number of aromatic nitrogens is 3. The van der Waals surface area contributed by atoms with Crippen LogP contribution < -0.4 is 0 Å². The smallest absolute Gasteiger partial charge is 0.160 e. The van der Waals surface area contributed by atoms with Crippen LogP contribution >= 0.6 is 11.6 Å². The molecule has 4 nitrogen and oxygen atoms in total. The zero-order valence-electron chi connectivity index (χ0n) is 11.4. The van der Waals surface area contributed by atoms with Crippen LogP contribution in [0.1, 0.15) is 24.4 Å². The van der Waals surface area contributed by atoms with Crippen LogP contribution in [0.3, 0.4) is 0 Å². The lowest BCUT2D eigenvalue weighted by atomic mass is 10.3. The minimum absolute atomic E-state index is 0.101. The van der Waals surface area contributed by atoms with Crippen LogP contribution in [0, 0.1) is 6.92 Å². The van der Waals surface area contributed by atoms with Gasteiger partial charge in [0.2, 0.25) is 0 Å². The highest BCUT2D eigenvalue weighted by Gasteiger charge is 2.17. The van der Waals surface area contributed by atoms with E-state index in [0.29, 0.717) is 18.1 Å². The molecule has 104 valence electrons. The van der Waals surface area contributed by atoms with Gasteiger partial charge >= 0.3 is 0 Å². The number of hydrogen-bond acceptors (Lipinski definition) is 3. The Morgan fingerprint density at radius 2 is 2.26 bits per heavy atom. The Morgan fingerprint density at radius 1 is 1.53 bits per heavy atom. The van der Waals surface area contributed by atoms with Gasteiger partial charge in [-0.25, -0.2) is 9.97 Å². The van der Waals surface area contributed by atoms with E-state index in [9.17, 15) is 4.21 Å². The van der Waals surface area contributed by atoms with Crippen molar-refractivity contribution >= 4 is 33.6 Å². The first-order valence-electron chi connectivity index (χ1n) is 6.22. The Bertz CT molecular complexity index is 611. The number of imidazole rings is 1. The molecular weight excluding hydrogens is 282 g/mol. The van der Waals surface area contributed by atoms with Gasteiger partial charge in [0.15, 0.2) is 5.65 Å². The summed E-state index contributed by atoms with van der Waals surface area (Å²) in [7, 11) is -0.849. The van der Waals surface area contributed by atoms with E-state index in [0.717, 1.165) is 22.6 Å². The molecule has 0 amide bonds. The predicted molar refractivity (Wildman–Crippen MR) is 80.3 cm³/mol. The Balaban J connectivity index is 2.54. The highest BCUT2D eigenvalue weighted by molar-refractivity contribution is 7.84. The Hall–Kier alpha value is -0.940. The van der Waals surface area contributed by atoms with Crippen LogP contribution in [0.2, 0.25) is 0 Å². The van der Waals surface area contributed by atoms with Crippen LogP contribution in [0.25, 0.3) is 11.2 Å². The summed E-state index contributed by atoms with van der Waals surface area (Å²) in [6.45, 7) is 4.04. The maximum absolute atomic E-state index is 11.4. The lowest BCUT2D eigenvalue weighted by Gasteiger charge is -2.15. The average Bonchev–Trinajstić information content (AvgIpc) is 2.65. The number of nitrogens with zero attached hydrogens (tertiary/aromatic N) is 3. The Labute approximate surface area is 120 Å². The largest absolute Gasteiger partial charge is 0.309 e. The number of pyridine rings is 1. The molecule has 0 saturated carbocycles. The summed E-state index contributed by atoms with van der Waals surface area (Å²) in [6.07, 6.45) is 4.24. The first-order valence-corrected chi connectivity index (χ1v) is 8.48. The van der Waals surface area contributed by atoms with Crippen molar-refractivity contribution in [2.24, 2.45) is 0 Å². The van der Waals surface area contributed by atoms with Gasteiger partial charge in [-0.15, -0.1) is 11.6 Å². The summed E-state index contributed by atoms with van der Waals surface area (Å²) in [5.41, 5.74) is 2.82. The van der Waals surface area contributed by atoms with Crippen LogP contribution in [0.15, 0.2) is 12.3 Å². The summed E-state index contributed by atoms with van der Waals surface area (Å²) in [4.78, 5) is 9.08. The molecular formula is C13H18ClN3OS. The molecule has 2 heterocycles. The van der Waals surface area contributed by atoms with Gasteiger partial charge in [-0.05, 0) is 25.5 Å². The lowest BCUT2D eigenvalue weighted by molar-refractivity contribution is 0.583. The minimum atomic E-state index is -0.849. The quantitative estimate of drug-likeness (QED) is 0.797. The molecule has 0 aromatic carbocycles. The van der Waals surface area contributed by atoms with Crippen molar-refractivity contribution in [3.05, 3.63) is 23.7 Å². The summed E-state index contributed by atoms with van der Waals surface area (Å²) in [5.74, 6) is 2.03. The van der Waals surface area contributed by atoms with Gasteiger partial charge in [-0.2, -0.15) is 0 Å². The Morgan fingerprint density at radius 3 is 2.89 bits per heavy atom. The van der Waals surface area contributed by atoms with Gasteiger partial charge in [0, 0.05) is 47.3 Å². The topological polar surface area (TPSA) is 47.8 Å². The van der Waals surface area contributed by atoms with Crippen LogP contribution in [0.4, 0.5) is 0 Å². The van der Waals surface area contributed by atoms with Crippen molar-refractivity contribution < 1.29 is 4.21 Å². The zero-order valence-corrected chi connectivity index (χ0v) is 13.0. The number of fused-ring (bicyclic) bond motifs is 1. The van der Waals surface area contributed by atoms with Crippen molar-refractivity contribution in [1.29, 1.82) is 0 Å². The van der Waals surface area contributed by atoms with E-state index in [1.807, 2.05) is 26.1 Å². The van der Waals surface area contributed by atoms with Gasteiger partial charge in [-0.1, -0.05) is 0 Å². The average molecular weight is 300 g/mol. The highest BCUT2D eigenvalue weighted by atomic mass is 35.5. The predicted octanol–water partition coefficient (Wildman–Crippen LogP) is 2.46. The first kappa shape index (κ1) is 14.5. The molecule has 0 aliphatic heterocycles. The zero-order chi connectivity index (χ0) is 14.0. The highest BCUT2D eigenvalue weighted by Crippen LogP contribution is 2.21. The molecule has 2 rings (SSSR count). The fourth-order valence-corrected chi connectivity index (χ4v) is 3.27. The molecule has 2 aromatic rings. The van der Waals surface area contributed by atoms with Crippen LogP contribution in [-0.2, 0) is 17.2 Å². The SMILES string of the molecule is Cc1cnc2c(c1)nc(CCCl)n2C(C)CS(C)=O. The number of alkyl halides is 1. The molecule has 0 bridgehead atoms. The second-order valence-electron chi connectivity index (χ2n) is 4.78. The molecule has 0 saturated heterocycles. The summed E-state index contributed by atoms with van der Waals surface area (Å²) in [5, 5.41) is 0. The van der Waals surface area contributed by atoms with Crippen LogP contribution in [-0.4, -0.2) is 36.6 Å². The standard InChI is InChI=1S/C13H18ClN3OS/c1-9-6-11-13(15-7-9)17(10(2)8-19(3)18)12(16-11)4-5-14/h6-7,10H,4-5,8H2,1-3H3. The fourth-order valence-electron chi connectivity index (χ4n) is 2.27. The van der Waals surface area contributed by atoms with Crippen molar-refractivity contribution in [3.8, 4) is 0 Å². The lowest BCUT2D eigenvalue weighted by Crippen LogP contribution is -2.16. The molecule has 0 aliphatic rings.